The molecule has 0 fully saturated rings. The minimum atomic E-state index is 0.131. The van der Waals surface area contributed by atoms with Crippen molar-refractivity contribution in [1.29, 1.82) is 0 Å². The summed E-state index contributed by atoms with van der Waals surface area (Å²) in [5.41, 5.74) is 2.21. The number of rotatable bonds is 4. The van der Waals surface area contributed by atoms with Crippen molar-refractivity contribution in [3.63, 3.8) is 0 Å². The molecule has 0 spiro atoms. The number of nitrogens with one attached hydrogen (secondary N) is 1. The first-order valence-corrected chi connectivity index (χ1v) is 5.35. The standard InChI is InChI=1S/C11H20N2O/c1-5-6-7-9-10(8(2)3)11(14)13(4)12-9/h8,12H,5-7H2,1-4H3. The van der Waals surface area contributed by atoms with Crippen molar-refractivity contribution in [2.45, 2.75) is 46.0 Å². The van der Waals surface area contributed by atoms with Gasteiger partial charge in [0.15, 0.2) is 0 Å². The zero-order valence-electron chi connectivity index (χ0n) is 9.55. The van der Waals surface area contributed by atoms with Gasteiger partial charge in [-0.15, -0.1) is 0 Å². The van der Waals surface area contributed by atoms with E-state index in [1.165, 1.54) is 0 Å². The molecule has 0 radical (unpaired) electrons. The Morgan fingerprint density at radius 2 is 2.07 bits per heavy atom. The molecule has 0 aliphatic rings. The highest BCUT2D eigenvalue weighted by Crippen LogP contribution is 2.15. The quantitative estimate of drug-likeness (QED) is 0.787. The summed E-state index contributed by atoms with van der Waals surface area (Å²) in [7, 11) is 1.78. The van der Waals surface area contributed by atoms with Crippen LogP contribution in [0.4, 0.5) is 0 Å². The average molecular weight is 196 g/mol. The largest absolute Gasteiger partial charge is 0.300 e. The summed E-state index contributed by atoms with van der Waals surface area (Å²) >= 11 is 0. The highest BCUT2D eigenvalue weighted by atomic mass is 16.1. The van der Waals surface area contributed by atoms with Crippen LogP contribution in [0, 0.1) is 0 Å². The number of H-pyrrole nitrogens is 1. The third-order valence-corrected chi connectivity index (χ3v) is 2.52. The van der Waals surface area contributed by atoms with E-state index in [2.05, 4.69) is 25.9 Å². The molecule has 0 amide bonds. The summed E-state index contributed by atoms with van der Waals surface area (Å²) in [6.45, 7) is 6.30. The second-order valence-corrected chi connectivity index (χ2v) is 4.13. The maximum atomic E-state index is 11.7. The van der Waals surface area contributed by atoms with E-state index in [-0.39, 0.29) is 5.56 Å². The molecule has 0 unspecified atom stereocenters. The highest BCUT2D eigenvalue weighted by Gasteiger charge is 2.14. The maximum absolute atomic E-state index is 11.7. The third kappa shape index (κ3) is 2.08. The van der Waals surface area contributed by atoms with Crippen molar-refractivity contribution in [3.05, 3.63) is 21.6 Å². The number of aromatic amines is 1. The molecular formula is C11H20N2O. The molecule has 1 aromatic heterocycles. The van der Waals surface area contributed by atoms with Crippen molar-refractivity contribution < 1.29 is 0 Å². The summed E-state index contributed by atoms with van der Waals surface area (Å²) in [6.07, 6.45) is 3.29. The van der Waals surface area contributed by atoms with E-state index in [1.807, 2.05) is 0 Å². The third-order valence-electron chi connectivity index (χ3n) is 2.52. The van der Waals surface area contributed by atoms with Crippen LogP contribution in [0.15, 0.2) is 4.79 Å². The fraction of sp³-hybridized carbons (Fsp3) is 0.727. The van der Waals surface area contributed by atoms with Gasteiger partial charge in [0.25, 0.3) is 5.56 Å². The minimum Gasteiger partial charge on any atom is -0.300 e. The van der Waals surface area contributed by atoms with Crippen LogP contribution >= 0.6 is 0 Å². The van der Waals surface area contributed by atoms with Gasteiger partial charge in [-0.3, -0.25) is 14.6 Å². The molecule has 0 aromatic carbocycles. The van der Waals surface area contributed by atoms with Crippen LogP contribution in [0.1, 0.15) is 50.8 Å². The summed E-state index contributed by atoms with van der Waals surface area (Å²) in [4.78, 5) is 11.7. The Morgan fingerprint density at radius 3 is 2.57 bits per heavy atom. The summed E-state index contributed by atoms with van der Waals surface area (Å²) in [6, 6.07) is 0. The molecule has 0 atom stereocenters. The SMILES string of the molecule is CCCCc1[nH]n(C)c(=O)c1C(C)C. The Balaban J connectivity index is 3.03. The smallest absolute Gasteiger partial charge is 0.269 e. The molecular weight excluding hydrogens is 176 g/mol. The monoisotopic (exact) mass is 196 g/mol. The molecule has 80 valence electrons. The molecule has 0 bridgehead atoms. The Hall–Kier alpha value is -0.990. The molecule has 3 nitrogen and oxygen atoms in total. The Kier molecular flexibility index (Phi) is 3.55. The fourth-order valence-corrected chi connectivity index (χ4v) is 1.76. The number of nitrogens with zero attached hydrogens (tertiary/aromatic N) is 1. The summed E-state index contributed by atoms with van der Waals surface area (Å²) in [5, 5.41) is 3.13. The van der Waals surface area contributed by atoms with E-state index >= 15 is 0 Å². The second-order valence-electron chi connectivity index (χ2n) is 4.13. The van der Waals surface area contributed by atoms with Gasteiger partial charge in [0.1, 0.15) is 0 Å². The second kappa shape index (κ2) is 4.49. The topological polar surface area (TPSA) is 37.8 Å². The lowest BCUT2D eigenvalue weighted by Gasteiger charge is -2.03. The molecule has 1 rings (SSSR count). The van der Waals surface area contributed by atoms with Gasteiger partial charge in [-0.1, -0.05) is 27.2 Å². The Labute approximate surface area is 85.1 Å². The van der Waals surface area contributed by atoms with Crippen LogP contribution in [-0.4, -0.2) is 9.78 Å². The van der Waals surface area contributed by atoms with E-state index in [4.69, 9.17) is 0 Å². The zero-order chi connectivity index (χ0) is 10.7. The normalized spacial score (nSPS) is 11.2. The number of aryl methyl sites for hydroxylation is 2. The molecule has 14 heavy (non-hydrogen) atoms. The van der Waals surface area contributed by atoms with Gasteiger partial charge in [0.2, 0.25) is 0 Å². The van der Waals surface area contributed by atoms with Gasteiger partial charge < -0.3 is 0 Å². The van der Waals surface area contributed by atoms with Crippen molar-refractivity contribution in [1.82, 2.24) is 9.78 Å². The lowest BCUT2D eigenvalue weighted by molar-refractivity contribution is 0.699. The lowest BCUT2D eigenvalue weighted by Crippen LogP contribution is -2.16. The molecule has 1 aromatic rings. The molecule has 0 saturated carbocycles. The van der Waals surface area contributed by atoms with E-state index in [1.54, 1.807) is 11.7 Å². The molecule has 0 aliphatic carbocycles. The molecule has 1 N–H and O–H groups in total. The van der Waals surface area contributed by atoms with Crippen LogP contribution in [-0.2, 0) is 13.5 Å². The van der Waals surface area contributed by atoms with E-state index in [0.29, 0.717) is 5.92 Å². The molecule has 0 aliphatic heterocycles. The lowest BCUT2D eigenvalue weighted by atomic mass is 10.0. The van der Waals surface area contributed by atoms with E-state index in [9.17, 15) is 4.79 Å². The predicted molar refractivity (Wildman–Crippen MR) is 58.7 cm³/mol. The number of hydrogen-bond acceptors (Lipinski definition) is 1. The van der Waals surface area contributed by atoms with Crippen LogP contribution in [0.5, 0.6) is 0 Å². The fourth-order valence-electron chi connectivity index (χ4n) is 1.76. The van der Waals surface area contributed by atoms with Crippen LogP contribution in [0.25, 0.3) is 0 Å². The zero-order valence-corrected chi connectivity index (χ0v) is 9.55. The van der Waals surface area contributed by atoms with Crippen LogP contribution in [0.2, 0.25) is 0 Å². The van der Waals surface area contributed by atoms with Crippen molar-refractivity contribution >= 4 is 0 Å². The molecule has 0 saturated heterocycles. The predicted octanol–water partition coefficient (Wildman–Crippen LogP) is 2.18. The number of unbranched alkanes of at least 4 members (excludes halogenated alkanes) is 1. The maximum Gasteiger partial charge on any atom is 0.269 e. The van der Waals surface area contributed by atoms with Gasteiger partial charge in [0.05, 0.1) is 0 Å². The van der Waals surface area contributed by atoms with E-state index in [0.717, 1.165) is 30.5 Å². The number of aromatic nitrogens is 2. The minimum absolute atomic E-state index is 0.131. The van der Waals surface area contributed by atoms with Crippen molar-refractivity contribution in [2.24, 2.45) is 7.05 Å². The number of hydrogen-bond donors (Lipinski definition) is 1. The average Bonchev–Trinajstić information content (AvgIpc) is 2.39. The van der Waals surface area contributed by atoms with Crippen LogP contribution in [0.3, 0.4) is 0 Å². The van der Waals surface area contributed by atoms with Crippen LogP contribution < -0.4 is 5.56 Å². The summed E-state index contributed by atoms with van der Waals surface area (Å²) in [5.74, 6) is 0.312. The van der Waals surface area contributed by atoms with Gasteiger partial charge in [-0.05, 0) is 18.8 Å². The van der Waals surface area contributed by atoms with Crippen molar-refractivity contribution in [2.75, 3.05) is 0 Å². The summed E-state index contributed by atoms with van der Waals surface area (Å²) < 4.78 is 1.58. The first-order valence-electron chi connectivity index (χ1n) is 5.35. The molecule has 1 heterocycles. The van der Waals surface area contributed by atoms with Gasteiger partial charge in [0, 0.05) is 18.3 Å². The van der Waals surface area contributed by atoms with Gasteiger partial charge in [-0.2, -0.15) is 0 Å². The molecule has 3 heteroatoms. The first kappa shape index (κ1) is 11.1. The van der Waals surface area contributed by atoms with Gasteiger partial charge in [-0.25, -0.2) is 0 Å². The highest BCUT2D eigenvalue weighted by molar-refractivity contribution is 5.21. The Morgan fingerprint density at radius 1 is 1.43 bits per heavy atom. The van der Waals surface area contributed by atoms with Crippen molar-refractivity contribution in [3.8, 4) is 0 Å². The Bertz CT molecular complexity index is 347. The van der Waals surface area contributed by atoms with Gasteiger partial charge >= 0.3 is 0 Å². The van der Waals surface area contributed by atoms with E-state index < -0.39 is 0 Å². The first-order chi connectivity index (χ1) is 6.57.